The predicted molar refractivity (Wildman–Crippen MR) is 121 cm³/mol. The van der Waals surface area contributed by atoms with E-state index in [1.54, 1.807) is 0 Å². The van der Waals surface area contributed by atoms with Gasteiger partial charge in [-0.25, -0.2) is 4.79 Å². The Bertz CT molecular complexity index is 889. The van der Waals surface area contributed by atoms with Crippen LogP contribution in [0.3, 0.4) is 0 Å². The fourth-order valence-corrected chi connectivity index (χ4v) is 4.70. The first kappa shape index (κ1) is 23.5. The van der Waals surface area contributed by atoms with Gasteiger partial charge in [0, 0.05) is 25.7 Å². The smallest absolute Gasteiger partial charge is 0.330 e. The molecule has 3 N–H and O–H groups in total. The molecule has 9 nitrogen and oxygen atoms in total. The van der Waals surface area contributed by atoms with Crippen LogP contribution in [0.15, 0.2) is 9.59 Å². The monoisotopic (exact) mass is 435 g/mol. The molecule has 3 rings (SSSR count). The van der Waals surface area contributed by atoms with Crippen molar-refractivity contribution in [1.82, 2.24) is 14.5 Å². The number of rotatable bonds is 7. The van der Waals surface area contributed by atoms with Crippen LogP contribution in [-0.2, 0) is 16.1 Å². The lowest BCUT2D eigenvalue weighted by Gasteiger charge is -2.44. The number of amides is 1. The van der Waals surface area contributed by atoms with Gasteiger partial charge >= 0.3 is 5.69 Å². The van der Waals surface area contributed by atoms with Gasteiger partial charge in [-0.05, 0) is 24.7 Å². The molecule has 0 aromatic carbocycles. The number of morpholine rings is 1. The van der Waals surface area contributed by atoms with Crippen LogP contribution in [0.25, 0.3) is 0 Å². The van der Waals surface area contributed by atoms with Gasteiger partial charge in [0.15, 0.2) is 5.69 Å². The van der Waals surface area contributed by atoms with Gasteiger partial charge in [-0.3, -0.25) is 24.0 Å². The summed E-state index contributed by atoms with van der Waals surface area (Å²) in [6, 6.07) is 0.234. The molecule has 0 bridgehead atoms. The molecule has 1 aliphatic carbocycles. The number of nitrogen functional groups attached to an aromatic ring is 1. The van der Waals surface area contributed by atoms with Gasteiger partial charge in [-0.1, -0.05) is 40.5 Å². The van der Waals surface area contributed by atoms with Gasteiger partial charge in [0.05, 0.1) is 19.3 Å². The number of hydrogen-bond donors (Lipinski definition) is 2. The van der Waals surface area contributed by atoms with E-state index >= 15 is 0 Å². The molecule has 1 aliphatic heterocycles. The maximum atomic E-state index is 13.5. The maximum Gasteiger partial charge on any atom is 0.330 e. The zero-order chi connectivity index (χ0) is 22.7. The Labute approximate surface area is 183 Å². The lowest BCUT2D eigenvalue weighted by molar-refractivity contribution is -0.127. The van der Waals surface area contributed by atoms with Crippen LogP contribution < -0.4 is 21.9 Å². The van der Waals surface area contributed by atoms with Crippen LogP contribution in [0, 0.1) is 11.8 Å². The van der Waals surface area contributed by atoms with Gasteiger partial charge in [0.25, 0.3) is 5.56 Å². The molecule has 2 fully saturated rings. The third-order valence-corrected chi connectivity index (χ3v) is 6.07. The number of carbonyl (C=O) groups is 1. The Hall–Kier alpha value is -2.13. The molecule has 31 heavy (non-hydrogen) atoms. The Morgan fingerprint density at radius 2 is 1.90 bits per heavy atom. The van der Waals surface area contributed by atoms with Gasteiger partial charge < -0.3 is 15.4 Å². The normalized spacial score (nSPS) is 22.0. The van der Waals surface area contributed by atoms with E-state index in [0.29, 0.717) is 26.2 Å². The van der Waals surface area contributed by atoms with Gasteiger partial charge in [0.1, 0.15) is 5.82 Å². The van der Waals surface area contributed by atoms with Gasteiger partial charge in [-0.15, -0.1) is 0 Å². The van der Waals surface area contributed by atoms with Crippen molar-refractivity contribution in [1.29, 1.82) is 0 Å². The average Bonchev–Trinajstić information content (AvgIpc) is 2.70. The van der Waals surface area contributed by atoms with Crippen LogP contribution in [0.4, 0.5) is 11.5 Å². The summed E-state index contributed by atoms with van der Waals surface area (Å²) in [5, 5.41) is 0. The molecular formula is C22H37N5O4. The Balaban J connectivity index is 1.92. The number of nitrogens with one attached hydrogen (secondary N) is 1. The number of hydrogen-bond acceptors (Lipinski definition) is 6. The van der Waals surface area contributed by atoms with E-state index in [1.165, 1.54) is 9.47 Å². The van der Waals surface area contributed by atoms with Crippen LogP contribution in [0.5, 0.6) is 0 Å². The van der Waals surface area contributed by atoms with E-state index in [4.69, 9.17) is 10.5 Å². The first-order valence-corrected chi connectivity index (χ1v) is 11.5. The van der Waals surface area contributed by atoms with Crippen molar-refractivity contribution in [2.75, 3.05) is 36.9 Å². The first-order valence-electron chi connectivity index (χ1n) is 11.5. The van der Waals surface area contributed by atoms with E-state index in [-0.39, 0.29) is 47.9 Å². The standard InChI is InChI=1S/C22H37N5O4/c1-14(2)11-26(19-20(23)27(12-15(3)4)22(30)24-21(19)29)18(28)13-25-9-10-31-17-8-6-5-7-16(17)25/h14-17H,5-13,23H2,1-4H3,(H,24,29,30). The van der Waals surface area contributed by atoms with Crippen LogP contribution >= 0.6 is 0 Å². The SMILES string of the molecule is CC(C)CN(C(=O)CN1CCOC2CCCCC21)c1c(N)n(CC(C)C)c(=O)[nH]c1=O. The quantitative estimate of drug-likeness (QED) is 0.669. The number of H-pyrrole nitrogens is 1. The number of aromatic amines is 1. The largest absolute Gasteiger partial charge is 0.383 e. The van der Waals surface area contributed by atoms with E-state index < -0.39 is 11.2 Å². The van der Waals surface area contributed by atoms with Crippen molar-refractivity contribution in [2.24, 2.45) is 11.8 Å². The molecule has 1 saturated carbocycles. The van der Waals surface area contributed by atoms with Crippen molar-refractivity contribution in [3.8, 4) is 0 Å². The minimum Gasteiger partial charge on any atom is -0.383 e. The first-order chi connectivity index (χ1) is 14.7. The highest BCUT2D eigenvalue weighted by molar-refractivity contribution is 5.96. The number of aromatic nitrogens is 2. The molecule has 1 aromatic rings. The summed E-state index contributed by atoms with van der Waals surface area (Å²) >= 11 is 0. The van der Waals surface area contributed by atoms with Gasteiger partial charge in [-0.2, -0.15) is 0 Å². The summed E-state index contributed by atoms with van der Waals surface area (Å²) in [4.78, 5) is 44.6. The molecule has 2 unspecified atom stereocenters. The van der Waals surface area contributed by atoms with Crippen LogP contribution in [-0.4, -0.2) is 58.7 Å². The minimum absolute atomic E-state index is 0.0500. The third kappa shape index (κ3) is 5.38. The van der Waals surface area contributed by atoms with Crippen molar-refractivity contribution in [3.63, 3.8) is 0 Å². The van der Waals surface area contributed by atoms with Crippen molar-refractivity contribution < 1.29 is 9.53 Å². The van der Waals surface area contributed by atoms with Crippen LogP contribution in [0.2, 0.25) is 0 Å². The number of nitrogens with two attached hydrogens (primary N) is 1. The number of carbonyl (C=O) groups excluding carboxylic acids is 1. The topological polar surface area (TPSA) is 114 Å². The summed E-state index contributed by atoms with van der Waals surface area (Å²) in [5.41, 5.74) is 5.22. The summed E-state index contributed by atoms with van der Waals surface area (Å²) in [6.45, 7) is 10.1. The predicted octanol–water partition coefficient (Wildman–Crippen LogP) is 1.41. The second-order valence-electron chi connectivity index (χ2n) is 9.63. The highest BCUT2D eigenvalue weighted by Gasteiger charge is 2.36. The Morgan fingerprint density at radius 1 is 1.19 bits per heavy atom. The molecule has 0 spiro atoms. The Morgan fingerprint density at radius 3 is 2.58 bits per heavy atom. The summed E-state index contributed by atoms with van der Waals surface area (Å²) in [5.74, 6) is 0.158. The fourth-order valence-electron chi connectivity index (χ4n) is 4.70. The number of ether oxygens (including phenoxy) is 1. The minimum atomic E-state index is -0.617. The summed E-state index contributed by atoms with van der Waals surface area (Å²) < 4.78 is 7.28. The number of nitrogens with zero attached hydrogens (tertiary/aromatic N) is 3. The van der Waals surface area contributed by atoms with Gasteiger partial charge in [0.2, 0.25) is 5.91 Å². The molecule has 2 atom stereocenters. The molecule has 1 saturated heterocycles. The zero-order valence-electron chi connectivity index (χ0n) is 19.2. The third-order valence-electron chi connectivity index (χ3n) is 6.07. The highest BCUT2D eigenvalue weighted by atomic mass is 16.5. The van der Waals surface area contributed by atoms with Crippen molar-refractivity contribution in [2.45, 2.75) is 72.1 Å². The second kappa shape index (κ2) is 9.99. The van der Waals surface area contributed by atoms with E-state index in [1.807, 2.05) is 27.7 Å². The number of anilines is 2. The van der Waals surface area contributed by atoms with E-state index in [9.17, 15) is 14.4 Å². The number of fused-ring (bicyclic) bond motifs is 1. The average molecular weight is 436 g/mol. The molecule has 2 heterocycles. The molecule has 1 amide bonds. The molecule has 2 aliphatic rings. The Kier molecular flexibility index (Phi) is 7.59. The van der Waals surface area contributed by atoms with Crippen LogP contribution in [0.1, 0.15) is 53.4 Å². The summed E-state index contributed by atoms with van der Waals surface area (Å²) in [6.07, 6.45) is 4.51. The van der Waals surface area contributed by atoms with E-state index in [0.717, 1.165) is 25.7 Å². The molecule has 9 heteroatoms. The summed E-state index contributed by atoms with van der Waals surface area (Å²) in [7, 11) is 0. The fraction of sp³-hybridized carbons (Fsp3) is 0.773. The molecular weight excluding hydrogens is 398 g/mol. The molecule has 1 aromatic heterocycles. The van der Waals surface area contributed by atoms with Crippen molar-refractivity contribution in [3.05, 3.63) is 20.8 Å². The molecule has 174 valence electrons. The zero-order valence-corrected chi connectivity index (χ0v) is 19.2. The molecule has 0 radical (unpaired) electrons. The van der Waals surface area contributed by atoms with Crippen molar-refractivity contribution >= 4 is 17.4 Å². The van der Waals surface area contributed by atoms with E-state index in [2.05, 4.69) is 9.88 Å². The lowest BCUT2D eigenvalue weighted by atomic mass is 9.90. The maximum absolute atomic E-state index is 13.5. The lowest BCUT2D eigenvalue weighted by Crippen LogP contribution is -2.56. The highest BCUT2D eigenvalue weighted by Crippen LogP contribution is 2.29. The second-order valence-corrected chi connectivity index (χ2v) is 9.63.